The Morgan fingerprint density at radius 3 is 2.59 bits per heavy atom. The zero-order valence-electron chi connectivity index (χ0n) is 12.8. The van der Waals surface area contributed by atoms with E-state index in [1.165, 1.54) is 17.7 Å². The molecule has 0 aliphatic carbocycles. The lowest BCUT2D eigenvalue weighted by molar-refractivity contribution is 0.628. The second kappa shape index (κ2) is 5.85. The number of nitrogens with zero attached hydrogens (tertiary/aromatic N) is 1. The fourth-order valence-corrected chi connectivity index (χ4v) is 2.72. The van der Waals surface area contributed by atoms with Gasteiger partial charge in [0.25, 0.3) is 0 Å². The predicted molar refractivity (Wildman–Crippen MR) is 89.1 cm³/mol. The van der Waals surface area contributed by atoms with Crippen LogP contribution in [0.25, 0.3) is 21.9 Å². The van der Waals surface area contributed by atoms with E-state index >= 15 is 0 Å². The van der Waals surface area contributed by atoms with Crippen LogP contribution < -0.4 is 5.73 Å². The molecular weight excluding hydrogens is 275 g/mol. The van der Waals surface area contributed by atoms with Crippen LogP contribution in [0.3, 0.4) is 0 Å². The highest BCUT2D eigenvalue weighted by Crippen LogP contribution is 2.31. The van der Waals surface area contributed by atoms with Crippen molar-refractivity contribution in [1.29, 1.82) is 0 Å². The van der Waals surface area contributed by atoms with Gasteiger partial charge in [0.05, 0.1) is 5.69 Å². The van der Waals surface area contributed by atoms with Gasteiger partial charge in [0, 0.05) is 23.7 Å². The average molecular weight is 294 g/mol. The third-order valence-corrected chi connectivity index (χ3v) is 3.99. The third-order valence-electron chi connectivity index (χ3n) is 3.99. The highest BCUT2D eigenvalue weighted by Gasteiger charge is 2.11. The Labute approximate surface area is 129 Å². The van der Waals surface area contributed by atoms with Crippen LogP contribution in [-0.2, 0) is 6.54 Å². The van der Waals surface area contributed by atoms with Gasteiger partial charge in [-0.2, -0.15) is 0 Å². The Morgan fingerprint density at radius 2 is 1.91 bits per heavy atom. The standard InChI is InChI=1S/C19H19FN2/c1-12(2)13-6-7-16-17(9-13)19(10-21)22-11-18(16)14-4-3-5-15(20)8-14/h3-9,11-12H,10,21H2,1-2H3. The third kappa shape index (κ3) is 2.60. The van der Waals surface area contributed by atoms with Crippen LogP contribution in [0.1, 0.15) is 31.0 Å². The van der Waals surface area contributed by atoms with E-state index in [9.17, 15) is 4.39 Å². The van der Waals surface area contributed by atoms with Crippen molar-refractivity contribution in [3.05, 3.63) is 65.7 Å². The van der Waals surface area contributed by atoms with E-state index in [0.717, 1.165) is 27.6 Å². The number of aromatic nitrogens is 1. The quantitative estimate of drug-likeness (QED) is 0.765. The summed E-state index contributed by atoms with van der Waals surface area (Å²) in [4.78, 5) is 4.48. The molecule has 1 heterocycles. The number of rotatable bonds is 3. The zero-order chi connectivity index (χ0) is 15.7. The predicted octanol–water partition coefficient (Wildman–Crippen LogP) is 4.62. The topological polar surface area (TPSA) is 38.9 Å². The second-order valence-corrected chi connectivity index (χ2v) is 5.79. The van der Waals surface area contributed by atoms with Crippen LogP contribution in [0.4, 0.5) is 4.39 Å². The molecule has 0 aliphatic heterocycles. The molecule has 0 spiro atoms. The van der Waals surface area contributed by atoms with Crippen LogP contribution in [0, 0.1) is 5.82 Å². The van der Waals surface area contributed by atoms with E-state index in [1.54, 1.807) is 12.3 Å². The Balaban J connectivity index is 2.29. The number of fused-ring (bicyclic) bond motifs is 1. The van der Waals surface area contributed by atoms with E-state index in [0.29, 0.717) is 12.5 Å². The lowest BCUT2D eigenvalue weighted by Crippen LogP contribution is -2.02. The summed E-state index contributed by atoms with van der Waals surface area (Å²) in [6, 6.07) is 13.0. The van der Waals surface area contributed by atoms with Gasteiger partial charge < -0.3 is 5.73 Å². The van der Waals surface area contributed by atoms with E-state index in [1.807, 2.05) is 6.07 Å². The van der Waals surface area contributed by atoms with E-state index in [2.05, 4.69) is 37.0 Å². The van der Waals surface area contributed by atoms with Crippen molar-refractivity contribution in [2.45, 2.75) is 26.3 Å². The molecule has 0 saturated carbocycles. The minimum Gasteiger partial charge on any atom is -0.325 e. The van der Waals surface area contributed by atoms with Crippen LogP contribution >= 0.6 is 0 Å². The highest BCUT2D eigenvalue weighted by atomic mass is 19.1. The molecule has 0 bridgehead atoms. The van der Waals surface area contributed by atoms with Gasteiger partial charge in [0.15, 0.2) is 0 Å². The zero-order valence-corrected chi connectivity index (χ0v) is 12.8. The van der Waals surface area contributed by atoms with Gasteiger partial charge in [-0.3, -0.25) is 4.98 Å². The van der Waals surface area contributed by atoms with Crippen molar-refractivity contribution in [2.75, 3.05) is 0 Å². The molecule has 0 saturated heterocycles. The molecule has 2 N–H and O–H groups in total. The number of benzene rings is 2. The van der Waals surface area contributed by atoms with Gasteiger partial charge in [0.1, 0.15) is 5.82 Å². The van der Waals surface area contributed by atoms with Crippen molar-refractivity contribution in [2.24, 2.45) is 5.73 Å². The summed E-state index contributed by atoms with van der Waals surface area (Å²) in [7, 11) is 0. The Hall–Kier alpha value is -2.26. The summed E-state index contributed by atoms with van der Waals surface area (Å²) in [5.74, 6) is 0.195. The van der Waals surface area contributed by atoms with Gasteiger partial charge >= 0.3 is 0 Å². The molecule has 0 amide bonds. The van der Waals surface area contributed by atoms with E-state index in [4.69, 9.17) is 5.73 Å². The first-order valence-corrected chi connectivity index (χ1v) is 7.47. The molecule has 2 aromatic carbocycles. The molecule has 0 radical (unpaired) electrons. The minimum absolute atomic E-state index is 0.243. The fourth-order valence-electron chi connectivity index (χ4n) is 2.72. The number of halogens is 1. The summed E-state index contributed by atoms with van der Waals surface area (Å²) < 4.78 is 13.5. The molecule has 2 nitrogen and oxygen atoms in total. The van der Waals surface area contributed by atoms with E-state index < -0.39 is 0 Å². The van der Waals surface area contributed by atoms with Crippen LogP contribution in [0.5, 0.6) is 0 Å². The van der Waals surface area contributed by atoms with Crippen molar-refractivity contribution in [3.63, 3.8) is 0 Å². The molecule has 0 aliphatic rings. The van der Waals surface area contributed by atoms with Crippen LogP contribution in [-0.4, -0.2) is 4.98 Å². The summed E-state index contributed by atoms with van der Waals surface area (Å²) in [6.45, 7) is 4.71. The average Bonchev–Trinajstić information content (AvgIpc) is 2.53. The highest BCUT2D eigenvalue weighted by molar-refractivity contribution is 5.97. The van der Waals surface area contributed by atoms with Gasteiger partial charge in [-0.25, -0.2) is 4.39 Å². The van der Waals surface area contributed by atoms with Gasteiger partial charge in [-0.15, -0.1) is 0 Å². The molecule has 3 rings (SSSR count). The summed E-state index contributed by atoms with van der Waals surface area (Å²) in [5.41, 5.74) is 9.72. The SMILES string of the molecule is CC(C)c1ccc2c(-c3cccc(F)c3)cnc(CN)c2c1. The normalized spacial score (nSPS) is 11.3. The lowest BCUT2D eigenvalue weighted by Gasteiger charge is -2.13. The molecule has 112 valence electrons. The molecule has 0 fully saturated rings. The Bertz CT molecular complexity index is 825. The molecule has 0 unspecified atom stereocenters. The van der Waals surface area contributed by atoms with Crippen molar-refractivity contribution in [3.8, 4) is 11.1 Å². The first-order chi connectivity index (χ1) is 10.6. The molecular formula is C19H19FN2. The van der Waals surface area contributed by atoms with Crippen molar-refractivity contribution in [1.82, 2.24) is 4.98 Å². The maximum atomic E-state index is 13.5. The molecule has 3 aromatic rings. The largest absolute Gasteiger partial charge is 0.325 e. The smallest absolute Gasteiger partial charge is 0.123 e. The second-order valence-electron chi connectivity index (χ2n) is 5.79. The monoisotopic (exact) mass is 294 g/mol. The summed E-state index contributed by atoms with van der Waals surface area (Å²) in [6.07, 6.45) is 1.79. The maximum absolute atomic E-state index is 13.5. The van der Waals surface area contributed by atoms with Crippen LogP contribution in [0.15, 0.2) is 48.7 Å². The summed E-state index contributed by atoms with van der Waals surface area (Å²) in [5, 5.41) is 2.11. The summed E-state index contributed by atoms with van der Waals surface area (Å²) >= 11 is 0. The number of hydrogen-bond donors (Lipinski definition) is 1. The molecule has 22 heavy (non-hydrogen) atoms. The number of hydrogen-bond acceptors (Lipinski definition) is 2. The number of nitrogens with two attached hydrogens (primary N) is 1. The Morgan fingerprint density at radius 1 is 1.09 bits per heavy atom. The molecule has 1 aromatic heterocycles. The minimum atomic E-state index is -0.243. The Kier molecular flexibility index (Phi) is 3.90. The van der Waals surface area contributed by atoms with E-state index in [-0.39, 0.29) is 5.82 Å². The number of pyridine rings is 1. The first-order valence-electron chi connectivity index (χ1n) is 7.47. The van der Waals surface area contributed by atoms with Crippen molar-refractivity contribution < 1.29 is 4.39 Å². The maximum Gasteiger partial charge on any atom is 0.123 e. The first kappa shape index (κ1) is 14.7. The van der Waals surface area contributed by atoms with Gasteiger partial charge in [-0.1, -0.05) is 38.1 Å². The van der Waals surface area contributed by atoms with Crippen molar-refractivity contribution >= 4 is 10.8 Å². The van der Waals surface area contributed by atoms with Gasteiger partial charge in [-0.05, 0) is 40.6 Å². The lowest BCUT2D eigenvalue weighted by atomic mass is 9.94. The van der Waals surface area contributed by atoms with Gasteiger partial charge in [0.2, 0.25) is 0 Å². The molecule has 3 heteroatoms. The molecule has 0 atom stereocenters. The fraction of sp³-hybridized carbons (Fsp3) is 0.211. The van der Waals surface area contributed by atoms with Crippen LogP contribution in [0.2, 0.25) is 0 Å².